The van der Waals surface area contributed by atoms with E-state index in [0.29, 0.717) is 0 Å². The fourth-order valence-electron chi connectivity index (χ4n) is 1.85. The Morgan fingerprint density at radius 1 is 1.53 bits per heavy atom. The normalized spacial score (nSPS) is 19.7. The molecule has 1 fully saturated rings. The molecule has 2 rings (SSSR count). The number of carbonyl (C=O) groups excluding carboxylic acids is 1. The summed E-state index contributed by atoms with van der Waals surface area (Å²) in [4.78, 5) is 17.7. The van der Waals surface area contributed by atoms with Crippen molar-refractivity contribution in [3.63, 3.8) is 0 Å². The van der Waals surface area contributed by atoms with Gasteiger partial charge in [-0.3, -0.25) is 4.98 Å². The molecule has 1 unspecified atom stereocenters. The monoisotopic (exact) mass is 234 g/mol. The Bertz CT molecular complexity index is 398. The van der Waals surface area contributed by atoms with Crippen LogP contribution in [0.1, 0.15) is 38.8 Å². The molecule has 17 heavy (non-hydrogen) atoms. The SMILES string of the molecule is CC(C)(C)OC(=O)N1CCC1c1cccnc1. The molecule has 0 spiro atoms. The fraction of sp³-hybridized carbons (Fsp3) is 0.538. The summed E-state index contributed by atoms with van der Waals surface area (Å²) >= 11 is 0. The fourth-order valence-corrected chi connectivity index (χ4v) is 1.85. The molecule has 0 N–H and O–H groups in total. The molecular formula is C13H18N2O2. The molecule has 1 aliphatic rings. The zero-order chi connectivity index (χ0) is 12.5. The van der Waals surface area contributed by atoms with Crippen LogP contribution in [0.4, 0.5) is 4.79 Å². The highest BCUT2D eigenvalue weighted by Crippen LogP contribution is 2.33. The molecule has 0 saturated carbocycles. The van der Waals surface area contributed by atoms with Gasteiger partial charge in [0.15, 0.2) is 0 Å². The van der Waals surface area contributed by atoms with Crippen molar-refractivity contribution >= 4 is 6.09 Å². The average molecular weight is 234 g/mol. The Kier molecular flexibility index (Phi) is 3.05. The number of ether oxygens (including phenoxy) is 1. The van der Waals surface area contributed by atoms with Crippen LogP contribution >= 0.6 is 0 Å². The molecule has 4 heteroatoms. The van der Waals surface area contributed by atoms with Crippen LogP contribution in [0.25, 0.3) is 0 Å². The number of rotatable bonds is 1. The largest absolute Gasteiger partial charge is 0.444 e. The van der Waals surface area contributed by atoms with Gasteiger partial charge in [0.05, 0.1) is 6.04 Å². The lowest BCUT2D eigenvalue weighted by Crippen LogP contribution is -2.47. The van der Waals surface area contributed by atoms with Gasteiger partial charge in [0.2, 0.25) is 0 Å². The smallest absolute Gasteiger partial charge is 0.410 e. The highest BCUT2D eigenvalue weighted by molar-refractivity contribution is 5.70. The Balaban J connectivity index is 2.02. The average Bonchev–Trinajstić information content (AvgIpc) is 2.14. The molecule has 4 nitrogen and oxygen atoms in total. The summed E-state index contributed by atoms with van der Waals surface area (Å²) in [5.74, 6) is 0. The first-order valence-corrected chi connectivity index (χ1v) is 5.87. The summed E-state index contributed by atoms with van der Waals surface area (Å²) < 4.78 is 5.36. The van der Waals surface area contributed by atoms with Gasteiger partial charge in [0, 0.05) is 18.9 Å². The van der Waals surface area contributed by atoms with Gasteiger partial charge in [-0.15, -0.1) is 0 Å². The molecule has 0 bridgehead atoms. The third-order valence-corrected chi connectivity index (χ3v) is 2.72. The third kappa shape index (κ3) is 2.75. The Morgan fingerprint density at radius 3 is 2.76 bits per heavy atom. The zero-order valence-electron chi connectivity index (χ0n) is 10.5. The Morgan fingerprint density at radius 2 is 2.29 bits per heavy atom. The van der Waals surface area contributed by atoms with Crippen molar-refractivity contribution in [2.45, 2.75) is 38.8 Å². The molecule has 1 aromatic heterocycles. The van der Waals surface area contributed by atoms with Crippen LogP contribution in [0.3, 0.4) is 0 Å². The molecule has 1 aliphatic heterocycles. The number of carbonyl (C=O) groups is 1. The minimum absolute atomic E-state index is 0.124. The minimum Gasteiger partial charge on any atom is -0.444 e. The van der Waals surface area contributed by atoms with Gasteiger partial charge in [-0.2, -0.15) is 0 Å². The lowest BCUT2D eigenvalue weighted by atomic mass is 9.97. The summed E-state index contributed by atoms with van der Waals surface area (Å²) in [6, 6.07) is 4.01. The summed E-state index contributed by atoms with van der Waals surface area (Å²) in [7, 11) is 0. The number of hydrogen-bond donors (Lipinski definition) is 0. The van der Waals surface area contributed by atoms with E-state index in [0.717, 1.165) is 18.5 Å². The van der Waals surface area contributed by atoms with Crippen molar-refractivity contribution in [3.8, 4) is 0 Å². The summed E-state index contributed by atoms with van der Waals surface area (Å²) in [6.45, 7) is 6.39. The number of nitrogens with zero attached hydrogens (tertiary/aromatic N) is 2. The number of amides is 1. The molecule has 92 valence electrons. The molecule has 2 heterocycles. The maximum atomic E-state index is 11.9. The lowest BCUT2D eigenvalue weighted by Gasteiger charge is -2.41. The summed E-state index contributed by atoms with van der Waals surface area (Å²) in [5, 5.41) is 0. The van der Waals surface area contributed by atoms with Crippen LogP contribution in [0.5, 0.6) is 0 Å². The van der Waals surface area contributed by atoms with Crippen LogP contribution in [-0.2, 0) is 4.74 Å². The molecule has 1 aromatic rings. The minimum atomic E-state index is -0.438. The van der Waals surface area contributed by atoms with Crippen molar-refractivity contribution < 1.29 is 9.53 Å². The first-order valence-electron chi connectivity index (χ1n) is 5.87. The Hall–Kier alpha value is -1.58. The second kappa shape index (κ2) is 4.35. The van der Waals surface area contributed by atoms with E-state index >= 15 is 0 Å². The predicted octanol–water partition coefficient (Wildman–Crippen LogP) is 2.76. The highest BCUT2D eigenvalue weighted by atomic mass is 16.6. The van der Waals surface area contributed by atoms with Crippen molar-refractivity contribution in [2.24, 2.45) is 0 Å². The van der Waals surface area contributed by atoms with E-state index in [1.807, 2.05) is 32.9 Å². The van der Waals surface area contributed by atoms with Gasteiger partial charge >= 0.3 is 6.09 Å². The maximum Gasteiger partial charge on any atom is 0.410 e. The lowest BCUT2D eigenvalue weighted by molar-refractivity contribution is -0.00579. The number of hydrogen-bond acceptors (Lipinski definition) is 3. The first-order chi connectivity index (χ1) is 7.97. The summed E-state index contributed by atoms with van der Waals surface area (Å²) in [5.41, 5.74) is 0.635. The van der Waals surface area contributed by atoms with E-state index in [9.17, 15) is 4.79 Å². The van der Waals surface area contributed by atoms with E-state index in [4.69, 9.17) is 4.74 Å². The van der Waals surface area contributed by atoms with E-state index in [1.165, 1.54) is 0 Å². The Labute approximate surface area is 102 Å². The van der Waals surface area contributed by atoms with Gasteiger partial charge in [-0.1, -0.05) is 6.07 Å². The zero-order valence-corrected chi connectivity index (χ0v) is 10.5. The molecular weight excluding hydrogens is 216 g/mol. The number of pyridine rings is 1. The van der Waals surface area contributed by atoms with Crippen molar-refractivity contribution in [2.75, 3.05) is 6.54 Å². The van der Waals surface area contributed by atoms with E-state index in [2.05, 4.69) is 4.98 Å². The maximum absolute atomic E-state index is 11.9. The van der Waals surface area contributed by atoms with Crippen LogP contribution in [0.2, 0.25) is 0 Å². The van der Waals surface area contributed by atoms with E-state index in [-0.39, 0.29) is 12.1 Å². The van der Waals surface area contributed by atoms with Gasteiger partial charge in [-0.25, -0.2) is 4.79 Å². The van der Waals surface area contributed by atoms with Crippen LogP contribution in [0, 0.1) is 0 Å². The quantitative estimate of drug-likeness (QED) is 0.750. The number of aromatic nitrogens is 1. The van der Waals surface area contributed by atoms with Gasteiger partial charge in [-0.05, 0) is 38.8 Å². The molecule has 0 radical (unpaired) electrons. The number of likely N-dealkylation sites (tertiary alicyclic amines) is 1. The standard InChI is InChI=1S/C13H18N2O2/c1-13(2,3)17-12(16)15-8-6-11(15)10-5-4-7-14-9-10/h4-5,7,9,11H,6,8H2,1-3H3. The topological polar surface area (TPSA) is 42.4 Å². The molecule has 1 amide bonds. The van der Waals surface area contributed by atoms with Crippen LogP contribution < -0.4 is 0 Å². The van der Waals surface area contributed by atoms with Crippen LogP contribution in [-0.4, -0.2) is 28.1 Å². The van der Waals surface area contributed by atoms with E-state index in [1.54, 1.807) is 17.3 Å². The van der Waals surface area contributed by atoms with Gasteiger partial charge < -0.3 is 9.64 Å². The molecule has 1 saturated heterocycles. The van der Waals surface area contributed by atoms with Crippen molar-refractivity contribution in [1.82, 2.24) is 9.88 Å². The van der Waals surface area contributed by atoms with Gasteiger partial charge in [0.1, 0.15) is 5.60 Å². The van der Waals surface area contributed by atoms with Crippen molar-refractivity contribution in [3.05, 3.63) is 30.1 Å². The summed E-state index contributed by atoms with van der Waals surface area (Å²) in [6.07, 6.45) is 4.28. The van der Waals surface area contributed by atoms with Gasteiger partial charge in [0.25, 0.3) is 0 Å². The van der Waals surface area contributed by atoms with Crippen molar-refractivity contribution in [1.29, 1.82) is 0 Å². The highest BCUT2D eigenvalue weighted by Gasteiger charge is 2.36. The second-order valence-corrected chi connectivity index (χ2v) is 5.26. The molecule has 0 aromatic carbocycles. The molecule has 1 atom stereocenters. The van der Waals surface area contributed by atoms with Crippen LogP contribution in [0.15, 0.2) is 24.5 Å². The predicted molar refractivity (Wildman–Crippen MR) is 64.5 cm³/mol. The first kappa shape index (κ1) is 11.9. The third-order valence-electron chi connectivity index (χ3n) is 2.72. The van der Waals surface area contributed by atoms with E-state index < -0.39 is 5.60 Å². The molecule has 0 aliphatic carbocycles. The second-order valence-electron chi connectivity index (χ2n) is 5.26.